The molecule has 2 rings (SSSR count). The first-order valence-electron chi connectivity index (χ1n) is 24.2. The van der Waals surface area contributed by atoms with E-state index in [1.165, 1.54) is 173 Å². The zero-order chi connectivity index (χ0) is 41.4. The van der Waals surface area contributed by atoms with Gasteiger partial charge in [0.1, 0.15) is 11.5 Å². The number of unbranched alkanes of at least 4 members (excludes halogenated alkanes) is 24. The van der Waals surface area contributed by atoms with Crippen LogP contribution in [0.25, 0.3) is 0 Å². The summed E-state index contributed by atoms with van der Waals surface area (Å²) in [5, 5.41) is 1.48. The molecule has 57 heavy (non-hydrogen) atoms. The molecule has 2 aromatic rings. The quantitative estimate of drug-likeness (QED) is 0.0501. The van der Waals surface area contributed by atoms with Crippen LogP contribution in [0.3, 0.4) is 0 Å². The molecule has 0 heterocycles. The van der Waals surface area contributed by atoms with Crippen LogP contribution in [0.4, 0.5) is 0 Å². The maximum Gasteiger partial charge on any atom is 0.167 e. The smallest absolute Gasteiger partial charge is 0.167 e. The fourth-order valence-electron chi connectivity index (χ4n) is 7.63. The number of rotatable bonds is 36. The van der Waals surface area contributed by atoms with Crippen LogP contribution in [0.5, 0.6) is 11.5 Å². The van der Waals surface area contributed by atoms with Crippen molar-refractivity contribution in [3.05, 3.63) is 46.5 Å². The molecule has 2 aromatic carbocycles. The Kier molecular flexibility index (Phi) is 31.1. The van der Waals surface area contributed by atoms with Crippen molar-refractivity contribution in [1.82, 2.24) is 0 Å². The monoisotopic (exact) mass is 839 g/mol. The molecule has 0 bridgehead atoms. The van der Waals surface area contributed by atoms with Gasteiger partial charge < -0.3 is 9.47 Å². The van der Waals surface area contributed by atoms with E-state index in [2.05, 4.69) is 65.8 Å². The SMILES string of the molecule is CCCCCCCCCCCCCCC(=S)Oc1cc(C)c(Sc2cc(CCCC)c(OC(=S)CCCCCCCCCCCCCC)cc2C)cc1CCCC. The lowest BCUT2D eigenvalue weighted by molar-refractivity contribution is 0.519. The molecule has 0 radical (unpaired) electrons. The molecule has 0 unspecified atom stereocenters. The van der Waals surface area contributed by atoms with Crippen molar-refractivity contribution >= 4 is 46.3 Å². The van der Waals surface area contributed by atoms with E-state index in [4.69, 9.17) is 33.9 Å². The Balaban J connectivity index is 1.91. The van der Waals surface area contributed by atoms with E-state index in [0.717, 1.165) is 85.8 Å². The van der Waals surface area contributed by atoms with Crippen molar-refractivity contribution in [2.45, 2.75) is 257 Å². The minimum absolute atomic E-state index is 0.739. The van der Waals surface area contributed by atoms with Gasteiger partial charge in [-0.2, -0.15) is 0 Å². The minimum atomic E-state index is 0.739. The van der Waals surface area contributed by atoms with Gasteiger partial charge in [0, 0.05) is 22.6 Å². The molecule has 0 saturated heterocycles. The molecule has 0 N–H and O–H groups in total. The van der Waals surface area contributed by atoms with Gasteiger partial charge in [0.15, 0.2) is 10.1 Å². The van der Waals surface area contributed by atoms with Gasteiger partial charge >= 0.3 is 0 Å². The molecule has 0 aliphatic rings. The zero-order valence-corrected chi connectivity index (χ0v) is 40.4. The molecule has 324 valence electrons. The van der Waals surface area contributed by atoms with Crippen LogP contribution in [-0.2, 0) is 12.8 Å². The third kappa shape index (κ3) is 24.4. The van der Waals surface area contributed by atoms with Crippen LogP contribution >= 0.6 is 36.2 Å². The van der Waals surface area contributed by atoms with Crippen LogP contribution < -0.4 is 9.47 Å². The van der Waals surface area contributed by atoms with Crippen LogP contribution in [0.15, 0.2) is 34.1 Å². The van der Waals surface area contributed by atoms with E-state index in [9.17, 15) is 0 Å². The Morgan fingerprint density at radius 1 is 0.404 bits per heavy atom. The molecule has 0 spiro atoms. The highest BCUT2D eigenvalue weighted by molar-refractivity contribution is 7.99. The Bertz CT molecular complexity index is 1250. The second kappa shape index (κ2) is 34.3. The van der Waals surface area contributed by atoms with E-state index < -0.39 is 0 Å². The highest BCUT2D eigenvalue weighted by atomic mass is 32.2. The van der Waals surface area contributed by atoms with Gasteiger partial charge in [-0.3, -0.25) is 0 Å². The van der Waals surface area contributed by atoms with Crippen LogP contribution in [0.1, 0.15) is 243 Å². The van der Waals surface area contributed by atoms with Gasteiger partial charge in [-0.05, 0) is 123 Å². The average molecular weight is 839 g/mol. The van der Waals surface area contributed by atoms with Crippen LogP contribution in [0, 0.1) is 13.8 Å². The lowest BCUT2D eigenvalue weighted by atomic mass is 10.0. The summed E-state index contributed by atoms with van der Waals surface area (Å²) in [5.41, 5.74) is 5.02. The lowest BCUT2D eigenvalue weighted by Crippen LogP contribution is -2.08. The molecule has 5 heteroatoms. The van der Waals surface area contributed by atoms with Gasteiger partial charge in [0.25, 0.3) is 0 Å². The summed E-state index contributed by atoms with van der Waals surface area (Å²) in [6.45, 7) is 13.5. The van der Waals surface area contributed by atoms with E-state index in [0.29, 0.717) is 0 Å². The number of benzene rings is 2. The van der Waals surface area contributed by atoms with E-state index >= 15 is 0 Å². The number of hydrogen-bond acceptors (Lipinski definition) is 5. The van der Waals surface area contributed by atoms with Crippen LogP contribution in [-0.4, -0.2) is 10.1 Å². The first kappa shape index (κ1) is 51.7. The standard InChI is InChI=1S/C52H86O2S3/c1-7-11-15-17-19-21-23-25-27-29-31-33-37-51(55)53-47-39-43(5)49(41-45(47)35-13-9-3)57-50-42-46(36-14-10-4)48(40-44(50)6)54-52(56)38-34-32-30-28-26-24-22-20-18-16-12-8-2/h39-42H,7-38H2,1-6H3. The number of hydrogen-bond donors (Lipinski definition) is 0. The molecular formula is C52H86O2S3. The number of aryl methyl sites for hydroxylation is 4. The Morgan fingerprint density at radius 3 is 0.982 bits per heavy atom. The van der Waals surface area contributed by atoms with E-state index in [1.807, 2.05) is 11.8 Å². The van der Waals surface area contributed by atoms with Gasteiger partial charge in [-0.25, -0.2) is 0 Å². The molecule has 0 aromatic heterocycles. The normalized spacial score (nSPS) is 11.3. The van der Waals surface area contributed by atoms with Gasteiger partial charge in [0.2, 0.25) is 0 Å². The third-order valence-electron chi connectivity index (χ3n) is 11.5. The molecule has 0 aliphatic carbocycles. The summed E-state index contributed by atoms with van der Waals surface area (Å²) in [5.74, 6) is 1.92. The lowest BCUT2D eigenvalue weighted by Gasteiger charge is -2.18. The summed E-state index contributed by atoms with van der Waals surface area (Å²) in [6, 6.07) is 9.22. The highest BCUT2D eigenvalue weighted by Crippen LogP contribution is 2.39. The second-order valence-corrected chi connectivity index (χ2v) is 19.0. The average Bonchev–Trinajstić information content (AvgIpc) is 3.19. The third-order valence-corrected chi connectivity index (χ3v) is 13.3. The summed E-state index contributed by atoms with van der Waals surface area (Å²) in [4.78, 5) is 2.59. The van der Waals surface area contributed by atoms with Crippen molar-refractivity contribution in [2.24, 2.45) is 0 Å². The highest BCUT2D eigenvalue weighted by Gasteiger charge is 2.16. The molecule has 0 saturated carbocycles. The molecule has 0 fully saturated rings. The van der Waals surface area contributed by atoms with Gasteiger partial charge in [-0.1, -0.05) is 194 Å². The van der Waals surface area contributed by atoms with Gasteiger partial charge in [-0.15, -0.1) is 0 Å². The summed E-state index contributed by atoms with van der Waals surface area (Å²) in [7, 11) is 0. The molecule has 2 nitrogen and oxygen atoms in total. The summed E-state index contributed by atoms with van der Waals surface area (Å²) >= 11 is 13.5. The van der Waals surface area contributed by atoms with Gasteiger partial charge in [0.05, 0.1) is 0 Å². The molecular weight excluding hydrogens is 753 g/mol. The first-order valence-corrected chi connectivity index (χ1v) is 25.8. The second-order valence-electron chi connectivity index (χ2n) is 17.0. The Hall–Kier alpha value is -1.43. The number of ether oxygens (including phenoxy) is 2. The molecule has 0 amide bonds. The summed E-state index contributed by atoms with van der Waals surface area (Å²) < 4.78 is 12.9. The topological polar surface area (TPSA) is 18.5 Å². The van der Waals surface area contributed by atoms with Crippen molar-refractivity contribution in [3.63, 3.8) is 0 Å². The maximum atomic E-state index is 6.44. The van der Waals surface area contributed by atoms with E-state index in [1.54, 1.807) is 0 Å². The maximum absolute atomic E-state index is 6.44. The minimum Gasteiger partial charge on any atom is -0.450 e. The van der Waals surface area contributed by atoms with Crippen molar-refractivity contribution < 1.29 is 9.47 Å². The largest absolute Gasteiger partial charge is 0.450 e. The van der Waals surface area contributed by atoms with E-state index in [-0.39, 0.29) is 0 Å². The first-order chi connectivity index (χ1) is 27.8. The molecule has 0 atom stereocenters. The van der Waals surface area contributed by atoms with Crippen molar-refractivity contribution in [3.8, 4) is 11.5 Å². The predicted molar refractivity (Wildman–Crippen MR) is 262 cm³/mol. The van der Waals surface area contributed by atoms with Crippen molar-refractivity contribution in [2.75, 3.05) is 0 Å². The molecule has 0 aliphatic heterocycles. The fraction of sp³-hybridized carbons (Fsp3) is 0.731. The van der Waals surface area contributed by atoms with Crippen LogP contribution in [0.2, 0.25) is 0 Å². The number of thiocarbonyl (C=S) groups is 2. The Morgan fingerprint density at radius 2 is 0.684 bits per heavy atom. The fourth-order valence-corrected chi connectivity index (χ4v) is 9.18. The van der Waals surface area contributed by atoms with Crippen molar-refractivity contribution in [1.29, 1.82) is 0 Å². The Labute approximate surface area is 368 Å². The predicted octanol–water partition coefficient (Wildman–Crippen LogP) is 18.7. The zero-order valence-electron chi connectivity index (χ0n) is 38.0. The summed E-state index contributed by atoms with van der Waals surface area (Å²) in [6.07, 6.45) is 40.7.